The SMILES string of the molecule is CSC1(CNC(=O)c2cc(S)ccc2Br)CCCC1. The van der Waals surface area contributed by atoms with Gasteiger partial charge >= 0.3 is 0 Å². The van der Waals surface area contributed by atoms with Gasteiger partial charge in [-0.2, -0.15) is 11.8 Å². The van der Waals surface area contributed by atoms with Crippen molar-refractivity contribution in [1.82, 2.24) is 5.32 Å². The Morgan fingerprint density at radius 2 is 2.16 bits per heavy atom. The summed E-state index contributed by atoms with van der Waals surface area (Å²) in [5, 5.41) is 3.08. The number of amides is 1. The Morgan fingerprint density at radius 3 is 2.79 bits per heavy atom. The van der Waals surface area contributed by atoms with Crippen molar-refractivity contribution in [3.8, 4) is 0 Å². The highest BCUT2D eigenvalue weighted by Crippen LogP contribution is 2.39. The van der Waals surface area contributed by atoms with Gasteiger partial charge in [0.2, 0.25) is 0 Å². The standard InChI is InChI=1S/C14H18BrNOS2/c1-19-14(6-2-3-7-14)9-16-13(17)11-8-10(18)4-5-12(11)15/h4-5,8,18H,2-3,6-7,9H2,1H3,(H,16,17). The number of thiol groups is 1. The second kappa shape index (κ2) is 6.55. The monoisotopic (exact) mass is 359 g/mol. The van der Waals surface area contributed by atoms with E-state index < -0.39 is 0 Å². The van der Waals surface area contributed by atoms with E-state index in [0.29, 0.717) is 5.56 Å². The summed E-state index contributed by atoms with van der Waals surface area (Å²) in [6.07, 6.45) is 7.07. The smallest absolute Gasteiger partial charge is 0.252 e. The average Bonchev–Trinajstić information content (AvgIpc) is 2.88. The van der Waals surface area contributed by atoms with Crippen LogP contribution in [0.2, 0.25) is 0 Å². The molecule has 2 rings (SSSR count). The van der Waals surface area contributed by atoms with Gasteiger partial charge in [0, 0.05) is 20.7 Å². The normalized spacial score (nSPS) is 17.4. The molecule has 0 bridgehead atoms. The first-order valence-corrected chi connectivity index (χ1v) is 8.85. The molecule has 0 aromatic heterocycles. The van der Waals surface area contributed by atoms with Gasteiger partial charge in [-0.25, -0.2) is 0 Å². The lowest BCUT2D eigenvalue weighted by Gasteiger charge is -2.27. The number of halogens is 1. The van der Waals surface area contributed by atoms with Gasteiger partial charge < -0.3 is 5.32 Å². The summed E-state index contributed by atoms with van der Waals surface area (Å²) in [6, 6.07) is 5.52. The van der Waals surface area contributed by atoms with Crippen LogP contribution in [0.4, 0.5) is 0 Å². The maximum Gasteiger partial charge on any atom is 0.252 e. The van der Waals surface area contributed by atoms with Gasteiger partial charge in [-0.05, 0) is 53.2 Å². The predicted octanol–water partition coefficient (Wildman–Crippen LogP) is 4.14. The molecule has 0 unspecified atom stereocenters. The molecule has 1 aromatic carbocycles. The minimum atomic E-state index is -0.0249. The van der Waals surface area contributed by atoms with Gasteiger partial charge in [-0.15, -0.1) is 12.6 Å². The van der Waals surface area contributed by atoms with Crippen molar-refractivity contribution in [3.63, 3.8) is 0 Å². The van der Waals surface area contributed by atoms with Crippen molar-refractivity contribution >= 4 is 46.2 Å². The fourth-order valence-corrected chi connectivity index (χ4v) is 4.04. The van der Waals surface area contributed by atoms with E-state index in [1.807, 2.05) is 23.9 Å². The lowest BCUT2D eigenvalue weighted by Crippen LogP contribution is -2.38. The maximum atomic E-state index is 12.2. The van der Waals surface area contributed by atoms with Crippen LogP contribution in [-0.4, -0.2) is 23.5 Å². The molecule has 0 atom stereocenters. The molecule has 1 N–H and O–H groups in total. The highest BCUT2D eigenvalue weighted by molar-refractivity contribution is 9.10. The number of carbonyl (C=O) groups is 1. The number of nitrogens with one attached hydrogen (secondary N) is 1. The highest BCUT2D eigenvalue weighted by Gasteiger charge is 2.33. The maximum absolute atomic E-state index is 12.2. The summed E-state index contributed by atoms with van der Waals surface area (Å²) in [4.78, 5) is 13.0. The number of thioether (sulfide) groups is 1. The molecule has 1 saturated carbocycles. The lowest BCUT2D eigenvalue weighted by atomic mass is 10.1. The minimum Gasteiger partial charge on any atom is -0.351 e. The molecule has 0 aliphatic heterocycles. The van der Waals surface area contributed by atoms with E-state index in [0.717, 1.165) is 15.9 Å². The fraction of sp³-hybridized carbons (Fsp3) is 0.500. The van der Waals surface area contributed by atoms with Crippen LogP contribution in [-0.2, 0) is 0 Å². The van der Waals surface area contributed by atoms with E-state index in [4.69, 9.17) is 0 Å². The van der Waals surface area contributed by atoms with Gasteiger partial charge in [0.25, 0.3) is 5.91 Å². The van der Waals surface area contributed by atoms with E-state index in [9.17, 15) is 4.79 Å². The predicted molar refractivity (Wildman–Crippen MR) is 88.4 cm³/mol. The second-order valence-electron chi connectivity index (χ2n) is 4.94. The van der Waals surface area contributed by atoms with Crippen LogP contribution >= 0.6 is 40.3 Å². The van der Waals surface area contributed by atoms with Crippen molar-refractivity contribution in [3.05, 3.63) is 28.2 Å². The van der Waals surface area contributed by atoms with Crippen molar-refractivity contribution < 1.29 is 4.79 Å². The fourth-order valence-electron chi connectivity index (χ4n) is 2.50. The van der Waals surface area contributed by atoms with E-state index in [1.54, 1.807) is 6.07 Å². The van der Waals surface area contributed by atoms with Crippen LogP contribution in [0.1, 0.15) is 36.0 Å². The average molecular weight is 360 g/mol. The van der Waals surface area contributed by atoms with E-state index in [1.165, 1.54) is 25.7 Å². The lowest BCUT2D eigenvalue weighted by molar-refractivity contribution is 0.0948. The first-order chi connectivity index (χ1) is 9.06. The molecular formula is C14H18BrNOS2. The third-order valence-electron chi connectivity index (χ3n) is 3.71. The first kappa shape index (κ1) is 15.3. The van der Waals surface area contributed by atoms with E-state index in [-0.39, 0.29) is 10.7 Å². The first-order valence-electron chi connectivity index (χ1n) is 6.38. The van der Waals surface area contributed by atoms with Crippen LogP contribution in [0.5, 0.6) is 0 Å². The van der Waals surface area contributed by atoms with Crippen LogP contribution < -0.4 is 5.32 Å². The molecule has 0 spiro atoms. The van der Waals surface area contributed by atoms with Crippen molar-refractivity contribution in [2.45, 2.75) is 35.3 Å². The molecule has 104 valence electrons. The van der Waals surface area contributed by atoms with Crippen LogP contribution in [0, 0.1) is 0 Å². The van der Waals surface area contributed by atoms with Gasteiger partial charge in [0.1, 0.15) is 0 Å². The molecule has 1 aliphatic rings. The second-order valence-corrected chi connectivity index (χ2v) is 7.59. The molecule has 1 fully saturated rings. The Labute approximate surface area is 132 Å². The quantitative estimate of drug-likeness (QED) is 0.790. The third-order valence-corrected chi connectivity index (χ3v) is 6.10. The topological polar surface area (TPSA) is 29.1 Å². The number of rotatable bonds is 4. The molecule has 0 radical (unpaired) electrons. The van der Waals surface area contributed by atoms with E-state index in [2.05, 4.69) is 40.1 Å². The Kier molecular flexibility index (Phi) is 5.26. The van der Waals surface area contributed by atoms with Gasteiger partial charge in [0.15, 0.2) is 0 Å². The molecular weight excluding hydrogens is 342 g/mol. The molecule has 1 aromatic rings. The molecule has 2 nitrogen and oxygen atoms in total. The number of carbonyl (C=O) groups excluding carboxylic acids is 1. The Bertz CT molecular complexity index is 473. The summed E-state index contributed by atoms with van der Waals surface area (Å²) in [5.41, 5.74) is 0.654. The van der Waals surface area contributed by atoms with Crippen LogP contribution in [0.25, 0.3) is 0 Å². The highest BCUT2D eigenvalue weighted by atomic mass is 79.9. The van der Waals surface area contributed by atoms with Crippen molar-refractivity contribution in [2.75, 3.05) is 12.8 Å². The summed E-state index contributed by atoms with van der Waals surface area (Å²) in [5.74, 6) is -0.0249. The number of hydrogen-bond acceptors (Lipinski definition) is 3. The number of hydrogen-bond donors (Lipinski definition) is 2. The summed E-state index contributed by atoms with van der Waals surface area (Å²) in [7, 11) is 0. The minimum absolute atomic E-state index is 0.0249. The van der Waals surface area contributed by atoms with Gasteiger partial charge in [0.05, 0.1) is 5.56 Å². The number of benzene rings is 1. The summed E-state index contributed by atoms with van der Waals surface area (Å²) < 4.78 is 1.05. The Balaban J connectivity index is 2.03. The largest absolute Gasteiger partial charge is 0.351 e. The van der Waals surface area contributed by atoms with Crippen LogP contribution in [0.3, 0.4) is 0 Å². The molecule has 0 saturated heterocycles. The summed E-state index contributed by atoms with van der Waals surface area (Å²) in [6.45, 7) is 0.746. The van der Waals surface area contributed by atoms with Crippen molar-refractivity contribution in [1.29, 1.82) is 0 Å². The Morgan fingerprint density at radius 1 is 1.47 bits per heavy atom. The van der Waals surface area contributed by atoms with E-state index >= 15 is 0 Å². The zero-order valence-corrected chi connectivity index (χ0v) is 14.2. The van der Waals surface area contributed by atoms with Crippen LogP contribution in [0.15, 0.2) is 27.6 Å². The Hall–Kier alpha value is -0.130. The molecule has 19 heavy (non-hydrogen) atoms. The van der Waals surface area contributed by atoms with Crippen molar-refractivity contribution in [2.24, 2.45) is 0 Å². The molecule has 1 amide bonds. The third kappa shape index (κ3) is 3.70. The van der Waals surface area contributed by atoms with Gasteiger partial charge in [-0.1, -0.05) is 12.8 Å². The zero-order chi connectivity index (χ0) is 13.9. The van der Waals surface area contributed by atoms with Gasteiger partial charge in [-0.3, -0.25) is 4.79 Å². The summed E-state index contributed by atoms with van der Waals surface area (Å²) >= 11 is 9.58. The molecule has 5 heteroatoms. The zero-order valence-electron chi connectivity index (χ0n) is 10.9. The molecule has 1 aliphatic carbocycles. The molecule has 0 heterocycles.